The van der Waals surface area contributed by atoms with Gasteiger partial charge in [0.1, 0.15) is 24.2 Å². The summed E-state index contributed by atoms with van der Waals surface area (Å²) < 4.78 is 29.9. The Bertz CT molecular complexity index is 1560. The summed E-state index contributed by atoms with van der Waals surface area (Å²) in [6.45, 7) is 0.0500. The van der Waals surface area contributed by atoms with Crippen molar-refractivity contribution in [3.05, 3.63) is 137 Å². The van der Waals surface area contributed by atoms with Crippen LogP contribution in [0.5, 0.6) is 5.75 Å². The van der Waals surface area contributed by atoms with Crippen LogP contribution in [0.15, 0.2) is 109 Å². The molecule has 2 amide bonds. The van der Waals surface area contributed by atoms with Crippen molar-refractivity contribution in [3.8, 4) is 5.75 Å². The summed E-state index contributed by atoms with van der Waals surface area (Å²) in [5.41, 5.74) is 2.72. The lowest BCUT2D eigenvalue weighted by molar-refractivity contribution is -0.146. The number of amides is 2. The average molecular weight is 597 g/mol. The molecule has 4 aromatic rings. The number of nitrogens with one attached hydrogen (secondary N) is 1. The molecular formula is C35H33FN2O6. The molecule has 0 spiro atoms. The quantitative estimate of drug-likeness (QED) is 0.246. The number of esters is 1. The van der Waals surface area contributed by atoms with Gasteiger partial charge in [0.2, 0.25) is 5.91 Å². The third-order valence-corrected chi connectivity index (χ3v) is 7.85. The van der Waals surface area contributed by atoms with Crippen molar-refractivity contribution in [1.29, 1.82) is 0 Å². The van der Waals surface area contributed by atoms with Gasteiger partial charge in [0.15, 0.2) is 0 Å². The van der Waals surface area contributed by atoms with Gasteiger partial charge < -0.3 is 19.5 Å². The molecule has 1 aliphatic rings. The van der Waals surface area contributed by atoms with Crippen LogP contribution in [0.1, 0.15) is 34.2 Å². The van der Waals surface area contributed by atoms with E-state index in [-0.39, 0.29) is 13.2 Å². The van der Waals surface area contributed by atoms with Crippen LogP contribution in [0.4, 0.5) is 9.18 Å². The van der Waals surface area contributed by atoms with Crippen molar-refractivity contribution in [2.24, 2.45) is 5.92 Å². The summed E-state index contributed by atoms with van der Waals surface area (Å²) in [7, 11) is 2.83. The van der Waals surface area contributed by atoms with Crippen molar-refractivity contribution in [2.75, 3.05) is 14.2 Å². The molecular weight excluding hydrogens is 563 g/mol. The molecule has 8 nitrogen and oxygen atoms in total. The molecule has 4 unspecified atom stereocenters. The van der Waals surface area contributed by atoms with Gasteiger partial charge in [-0.25, -0.2) is 9.18 Å². The number of rotatable bonds is 9. The Hall–Kier alpha value is -5.18. The van der Waals surface area contributed by atoms with E-state index in [0.717, 1.165) is 5.56 Å². The van der Waals surface area contributed by atoms with Crippen LogP contribution in [0.3, 0.4) is 0 Å². The Morgan fingerprint density at radius 2 is 1.41 bits per heavy atom. The van der Waals surface area contributed by atoms with E-state index in [4.69, 9.17) is 14.2 Å². The molecule has 1 N–H and O–H groups in total. The zero-order chi connectivity index (χ0) is 31.1. The smallest absolute Gasteiger partial charge is 0.411 e. The van der Waals surface area contributed by atoms with Crippen LogP contribution in [0.25, 0.3) is 0 Å². The average Bonchev–Trinajstić information content (AvgIpc) is 3.44. The largest absolute Gasteiger partial charge is 0.497 e. The number of nitrogens with zero attached hydrogens (tertiary/aromatic N) is 1. The predicted octanol–water partition coefficient (Wildman–Crippen LogP) is 5.79. The Kier molecular flexibility index (Phi) is 9.54. The van der Waals surface area contributed by atoms with Gasteiger partial charge in [0.05, 0.1) is 26.2 Å². The van der Waals surface area contributed by atoms with Gasteiger partial charge in [-0.15, -0.1) is 0 Å². The van der Waals surface area contributed by atoms with Crippen LogP contribution in [-0.2, 0) is 32.2 Å². The van der Waals surface area contributed by atoms with Crippen molar-refractivity contribution >= 4 is 18.0 Å². The molecule has 44 heavy (non-hydrogen) atoms. The maximum absolute atomic E-state index is 14.2. The van der Waals surface area contributed by atoms with E-state index < -0.39 is 47.7 Å². The highest BCUT2D eigenvalue weighted by molar-refractivity contribution is 5.91. The Morgan fingerprint density at radius 3 is 2.02 bits per heavy atom. The molecule has 226 valence electrons. The van der Waals surface area contributed by atoms with Gasteiger partial charge in [-0.3, -0.25) is 14.5 Å². The van der Waals surface area contributed by atoms with Crippen molar-refractivity contribution in [1.82, 2.24) is 10.2 Å². The van der Waals surface area contributed by atoms with E-state index >= 15 is 0 Å². The van der Waals surface area contributed by atoms with Gasteiger partial charge in [-0.05, 0) is 46.5 Å². The highest BCUT2D eigenvalue weighted by Crippen LogP contribution is 2.51. The van der Waals surface area contributed by atoms with Crippen molar-refractivity contribution in [3.63, 3.8) is 0 Å². The second kappa shape index (κ2) is 13.9. The summed E-state index contributed by atoms with van der Waals surface area (Å²) in [5.74, 6) is -2.61. The van der Waals surface area contributed by atoms with Crippen molar-refractivity contribution < 1.29 is 33.0 Å². The van der Waals surface area contributed by atoms with E-state index in [1.807, 2.05) is 60.7 Å². The summed E-state index contributed by atoms with van der Waals surface area (Å²) >= 11 is 0. The fourth-order valence-corrected chi connectivity index (χ4v) is 5.76. The third kappa shape index (κ3) is 6.57. The van der Waals surface area contributed by atoms with Crippen LogP contribution >= 0.6 is 0 Å². The lowest BCUT2D eigenvalue weighted by Gasteiger charge is -2.30. The second-order valence-corrected chi connectivity index (χ2v) is 10.4. The zero-order valence-electron chi connectivity index (χ0n) is 24.4. The van der Waals surface area contributed by atoms with Crippen LogP contribution < -0.4 is 10.1 Å². The van der Waals surface area contributed by atoms with E-state index in [9.17, 15) is 18.8 Å². The number of halogens is 1. The molecule has 4 atom stereocenters. The van der Waals surface area contributed by atoms with Crippen LogP contribution in [0, 0.1) is 11.7 Å². The molecule has 1 heterocycles. The number of hydrogen-bond donors (Lipinski definition) is 1. The van der Waals surface area contributed by atoms with Crippen molar-refractivity contribution in [2.45, 2.75) is 31.2 Å². The minimum absolute atomic E-state index is 0.0334. The minimum atomic E-state index is -1.16. The number of hydrogen-bond acceptors (Lipinski definition) is 6. The molecule has 1 fully saturated rings. The summed E-state index contributed by atoms with van der Waals surface area (Å²) in [4.78, 5) is 43.3. The first-order chi connectivity index (χ1) is 21.4. The van der Waals surface area contributed by atoms with Crippen LogP contribution in [-0.4, -0.2) is 43.1 Å². The molecule has 9 heteroatoms. The number of carbonyl (C=O) groups is 3. The zero-order valence-corrected chi connectivity index (χ0v) is 24.4. The summed E-state index contributed by atoms with van der Waals surface area (Å²) in [5, 5.41) is 2.90. The second-order valence-electron chi connectivity index (χ2n) is 10.4. The number of ether oxygens (including phenoxy) is 3. The molecule has 1 saturated heterocycles. The Balaban J connectivity index is 1.60. The predicted molar refractivity (Wildman–Crippen MR) is 161 cm³/mol. The standard InChI is InChI=1S/C35H33FN2O6/c1-42-28-19-15-26(16-20-28)31-30(34(40)43-2)29(25-11-7-4-8-12-25)32(33(39)37-21-23-13-17-27(36)18-14-23)38(31)35(41)44-22-24-9-5-3-6-10-24/h3-20,29-32H,21-22H2,1-2H3,(H,37,39). The Labute approximate surface area is 255 Å². The molecule has 0 bridgehead atoms. The highest BCUT2D eigenvalue weighted by Gasteiger charge is 2.58. The minimum Gasteiger partial charge on any atom is -0.497 e. The van der Waals surface area contributed by atoms with Gasteiger partial charge in [0.25, 0.3) is 0 Å². The topological polar surface area (TPSA) is 94.2 Å². The Morgan fingerprint density at radius 1 is 0.773 bits per heavy atom. The summed E-state index contributed by atoms with van der Waals surface area (Å²) in [6, 6.07) is 29.0. The number of methoxy groups -OCH3 is 2. The first kappa shape index (κ1) is 30.3. The molecule has 0 aliphatic carbocycles. The first-order valence-corrected chi connectivity index (χ1v) is 14.2. The van der Waals surface area contributed by atoms with E-state index in [1.54, 1.807) is 43.5 Å². The highest BCUT2D eigenvalue weighted by atomic mass is 19.1. The molecule has 0 aromatic heterocycles. The number of carbonyl (C=O) groups excluding carboxylic acids is 3. The molecule has 0 radical (unpaired) electrons. The normalized spacial score (nSPS) is 19.2. The SMILES string of the molecule is COC(=O)C1C(c2ccccc2)C(C(=O)NCc2ccc(F)cc2)N(C(=O)OCc2ccccc2)C1c1ccc(OC)cc1. The fraction of sp³-hybridized carbons (Fsp3) is 0.229. The molecule has 4 aromatic carbocycles. The van der Waals surface area contributed by atoms with Gasteiger partial charge in [-0.2, -0.15) is 0 Å². The lowest BCUT2D eigenvalue weighted by Crippen LogP contribution is -2.48. The number of likely N-dealkylation sites (tertiary alicyclic amines) is 1. The van der Waals surface area contributed by atoms with E-state index in [1.165, 1.54) is 24.1 Å². The summed E-state index contributed by atoms with van der Waals surface area (Å²) in [6.07, 6.45) is -0.760. The third-order valence-electron chi connectivity index (χ3n) is 7.85. The first-order valence-electron chi connectivity index (χ1n) is 14.2. The van der Waals surface area contributed by atoms with Gasteiger partial charge in [-0.1, -0.05) is 84.9 Å². The lowest BCUT2D eigenvalue weighted by atomic mass is 9.79. The molecule has 0 saturated carbocycles. The molecule has 5 rings (SSSR count). The van der Waals surface area contributed by atoms with E-state index in [2.05, 4.69) is 5.32 Å². The van der Waals surface area contributed by atoms with E-state index in [0.29, 0.717) is 22.4 Å². The number of benzene rings is 4. The fourth-order valence-electron chi connectivity index (χ4n) is 5.76. The monoisotopic (exact) mass is 596 g/mol. The van der Waals surface area contributed by atoms with Gasteiger partial charge >= 0.3 is 12.1 Å². The van der Waals surface area contributed by atoms with Gasteiger partial charge in [0, 0.05) is 12.5 Å². The maximum atomic E-state index is 14.2. The van der Waals surface area contributed by atoms with Crippen LogP contribution in [0.2, 0.25) is 0 Å². The maximum Gasteiger partial charge on any atom is 0.411 e. The molecule has 1 aliphatic heterocycles.